The minimum Gasteiger partial charge on any atom is -0.396 e. The minimum atomic E-state index is -4.57. The van der Waals surface area contributed by atoms with Crippen LogP contribution >= 0.6 is 11.6 Å². The number of benzene rings is 2. The fourth-order valence-electron chi connectivity index (χ4n) is 2.65. The summed E-state index contributed by atoms with van der Waals surface area (Å²) in [6, 6.07) is 14.7. The summed E-state index contributed by atoms with van der Waals surface area (Å²) >= 11 is 5.94. The molecular formula is C20H16ClF3N2O. The first-order chi connectivity index (χ1) is 12.8. The van der Waals surface area contributed by atoms with Crippen molar-refractivity contribution in [1.29, 1.82) is 0 Å². The third-order valence-electron chi connectivity index (χ3n) is 3.96. The highest BCUT2D eigenvalue weighted by Gasteiger charge is 2.33. The van der Waals surface area contributed by atoms with Crippen molar-refractivity contribution in [2.45, 2.75) is 19.0 Å². The summed E-state index contributed by atoms with van der Waals surface area (Å²) in [7, 11) is 0. The molecule has 0 fully saturated rings. The summed E-state index contributed by atoms with van der Waals surface area (Å²) in [5, 5.41) is 9.35. The van der Waals surface area contributed by atoms with Crippen LogP contribution in [-0.2, 0) is 19.0 Å². The van der Waals surface area contributed by atoms with E-state index in [4.69, 9.17) is 16.7 Å². The summed E-state index contributed by atoms with van der Waals surface area (Å²) in [5.74, 6) is -0.0146. The molecular weight excluding hydrogens is 377 g/mol. The Kier molecular flexibility index (Phi) is 5.77. The first-order valence-electron chi connectivity index (χ1n) is 8.25. The highest BCUT2D eigenvalue weighted by molar-refractivity contribution is 6.30. The standard InChI is InChI=1S/C20H16ClF3N2O/c21-16-3-1-2-15(11-16)19-25-17(12-18(26-19)20(22,23)24)10-14-6-4-13(5-7-14)8-9-27/h1-7,11-12,27H,8-10H2. The maximum absolute atomic E-state index is 13.3. The number of aliphatic hydroxyl groups excluding tert-OH is 1. The maximum Gasteiger partial charge on any atom is 0.433 e. The van der Waals surface area contributed by atoms with E-state index in [-0.39, 0.29) is 24.5 Å². The molecule has 1 heterocycles. The van der Waals surface area contributed by atoms with Gasteiger partial charge in [0.25, 0.3) is 0 Å². The van der Waals surface area contributed by atoms with Crippen LogP contribution in [0.15, 0.2) is 54.6 Å². The Morgan fingerprint density at radius 2 is 1.63 bits per heavy atom. The molecule has 1 N–H and O–H groups in total. The summed E-state index contributed by atoms with van der Waals surface area (Å²) in [4.78, 5) is 7.98. The molecule has 3 nitrogen and oxygen atoms in total. The Bertz CT molecular complexity index is 927. The SMILES string of the molecule is OCCc1ccc(Cc2cc(C(F)(F)F)nc(-c3cccc(Cl)c3)n2)cc1. The molecule has 0 amide bonds. The van der Waals surface area contributed by atoms with Crippen LogP contribution in [0.25, 0.3) is 11.4 Å². The zero-order valence-electron chi connectivity index (χ0n) is 14.2. The van der Waals surface area contributed by atoms with Crippen LogP contribution in [0.1, 0.15) is 22.5 Å². The Morgan fingerprint density at radius 1 is 0.926 bits per heavy atom. The largest absolute Gasteiger partial charge is 0.433 e. The number of halogens is 4. The zero-order valence-corrected chi connectivity index (χ0v) is 14.9. The second-order valence-electron chi connectivity index (χ2n) is 6.04. The van der Waals surface area contributed by atoms with Crippen molar-refractivity contribution < 1.29 is 18.3 Å². The molecule has 7 heteroatoms. The van der Waals surface area contributed by atoms with Crippen molar-refractivity contribution in [2.75, 3.05) is 6.61 Å². The molecule has 0 aliphatic heterocycles. The second kappa shape index (κ2) is 8.06. The number of aromatic nitrogens is 2. The third-order valence-corrected chi connectivity index (χ3v) is 4.20. The number of rotatable bonds is 5. The van der Waals surface area contributed by atoms with Gasteiger partial charge >= 0.3 is 6.18 Å². The minimum absolute atomic E-state index is 0.0146. The predicted octanol–water partition coefficient (Wildman–Crippen LogP) is 4.94. The van der Waals surface area contributed by atoms with Gasteiger partial charge in [-0.2, -0.15) is 13.2 Å². The molecule has 3 rings (SSSR count). The summed E-state index contributed by atoms with van der Waals surface area (Å²) in [6.45, 7) is 0.0448. The van der Waals surface area contributed by atoms with Gasteiger partial charge in [-0.05, 0) is 35.7 Å². The first-order valence-corrected chi connectivity index (χ1v) is 8.63. The average Bonchev–Trinajstić information content (AvgIpc) is 2.63. The average molecular weight is 393 g/mol. The quantitative estimate of drug-likeness (QED) is 0.668. The maximum atomic E-state index is 13.3. The molecule has 0 spiro atoms. The van der Waals surface area contributed by atoms with Crippen LogP contribution in [-0.4, -0.2) is 21.7 Å². The molecule has 0 radical (unpaired) electrons. The highest BCUT2D eigenvalue weighted by atomic mass is 35.5. The van der Waals surface area contributed by atoms with Gasteiger partial charge < -0.3 is 5.11 Å². The molecule has 1 aromatic heterocycles. The smallest absolute Gasteiger partial charge is 0.396 e. The Morgan fingerprint density at radius 3 is 2.26 bits per heavy atom. The van der Waals surface area contributed by atoms with E-state index in [2.05, 4.69) is 9.97 Å². The van der Waals surface area contributed by atoms with E-state index in [1.807, 2.05) is 24.3 Å². The Balaban J connectivity index is 1.97. The van der Waals surface area contributed by atoms with Gasteiger partial charge in [-0.25, -0.2) is 9.97 Å². The molecule has 0 saturated carbocycles. The Labute approximate surface area is 159 Å². The zero-order chi connectivity index (χ0) is 19.4. The van der Waals surface area contributed by atoms with Gasteiger partial charge in [-0.3, -0.25) is 0 Å². The summed E-state index contributed by atoms with van der Waals surface area (Å²) in [5.41, 5.74) is 1.48. The number of hydrogen-bond acceptors (Lipinski definition) is 3. The van der Waals surface area contributed by atoms with E-state index >= 15 is 0 Å². The van der Waals surface area contributed by atoms with Crippen molar-refractivity contribution >= 4 is 11.6 Å². The van der Waals surface area contributed by atoms with E-state index < -0.39 is 11.9 Å². The number of hydrogen-bond donors (Lipinski definition) is 1. The molecule has 140 valence electrons. The van der Waals surface area contributed by atoms with E-state index in [1.54, 1.807) is 18.2 Å². The van der Waals surface area contributed by atoms with Gasteiger partial charge in [0.05, 0.1) is 0 Å². The van der Waals surface area contributed by atoms with E-state index in [9.17, 15) is 13.2 Å². The lowest BCUT2D eigenvalue weighted by Crippen LogP contribution is -2.11. The van der Waals surface area contributed by atoms with Crippen molar-refractivity contribution in [3.8, 4) is 11.4 Å². The molecule has 0 saturated heterocycles. The summed E-state index contributed by atoms with van der Waals surface area (Å²) < 4.78 is 39.8. The first kappa shape index (κ1) is 19.3. The molecule has 0 bridgehead atoms. The van der Waals surface area contributed by atoms with Crippen molar-refractivity contribution in [1.82, 2.24) is 9.97 Å². The molecule has 0 atom stereocenters. The fraction of sp³-hybridized carbons (Fsp3) is 0.200. The van der Waals surface area contributed by atoms with Crippen LogP contribution in [0, 0.1) is 0 Å². The lowest BCUT2D eigenvalue weighted by atomic mass is 10.0. The van der Waals surface area contributed by atoms with Gasteiger partial charge in [0.2, 0.25) is 0 Å². The van der Waals surface area contributed by atoms with Crippen LogP contribution < -0.4 is 0 Å². The Hall–Kier alpha value is -2.44. The molecule has 0 aliphatic carbocycles. The van der Waals surface area contributed by atoms with Gasteiger partial charge in [0, 0.05) is 29.3 Å². The van der Waals surface area contributed by atoms with Crippen molar-refractivity contribution in [3.05, 3.63) is 82.1 Å². The van der Waals surface area contributed by atoms with Gasteiger partial charge in [0.1, 0.15) is 5.69 Å². The molecule has 3 aromatic rings. The number of aliphatic hydroxyl groups is 1. The topological polar surface area (TPSA) is 46.0 Å². The van der Waals surface area contributed by atoms with Crippen LogP contribution in [0.3, 0.4) is 0 Å². The second-order valence-corrected chi connectivity index (χ2v) is 6.48. The summed E-state index contributed by atoms with van der Waals surface area (Å²) in [6.07, 6.45) is -3.81. The van der Waals surface area contributed by atoms with Crippen molar-refractivity contribution in [3.63, 3.8) is 0 Å². The van der Waals surface area contributed by atoms with Crippen molar-refractivity contribution in [2.24, 2.45) is 0 Å². The van der Waals surface area contributed by atoms with Gasteiger partial charge in [-0.1, -0.05) is 48.0 Å². The molecule has 0 unspecified atom stereocenters. The third kappa shape index (κ3) is 5.05. The molecule has 0 aliphatic rings. The predicted molar refractivity (Wildman–Crippen MR) is 97.5 cm³/mol. The number of nitrogens with zero attached hydrogens (tertiary/aromatic N) is 2. The van der Waals surface area contributed by atoms with Crippen LogP contribution in [0.4, 0.5) is 13.2 Å². The monoisotopic (exact) mass is 392 g/mol. The van der Waals surface area contributed by atoms with E-state index in [0.29, 0.717) is 17.0 Å². The lowest BCUT2D eigenvalue weighted by Gasteiger charge is -2.11. The molecule has 2 aromatic carbocycles. The van der Waals surface area contributed by atoms with Gasteiger partial charge in [0.15, 0.2) is 5.82 Å². The van der Waals surface area contributed by atoms with E-state index in [1.165, 1.54) is 6.07 Å². The van der Waals surface area contributed by atoms with Crippen LogP contribution in [0.2, 0.25) is 5.02 Å². The molecule has 27 heavy (non-hydrogen) atoms. The normalized spacial score (nSPS) is 11.6. The number of alkyl halides is 3. The fourth-order valence-corrected chi connectivity index (χ4v) is 2.84. The van der Waals surface area contributed by atoms with Gasteiger partial charge in [-0.15, -0.1) is 0 Å². The van der Waals surface area contributed by atoms with Crippen LogP contribution in [0.5, 0.6) is 0 Å². The van der Waals surface area contributed by atoms with E-state index in [0.717, 1.165) is 17.2 Å². The lowest BCUT2D eigenvalue weighted by molar-refractivity contribution is -0.141. The highest BCUT2D eigenvalue weighted by Crippen LogP contribution is 2.30.